The van der Waals surface area contributed by atoms with Crippen molar-refractivity contribution in [3.63, 3.8) is 0 Å². The molecule has 0 aromatic heterocycles. The maximum absolute atomic E-state index is 14.0. The van der Waals surface area contributed by atoms with Crippen LogP contribution in [0.1, 0.15) is 38.2 Å². The van der Waals surface area contributed by atoms with Crippen molar-refractivity contribution in [1.29, 1.82) is 0 Å². The molecule has 0 bridgehead atoms. The number of anilines is 1. The minimum absolute atomic E-state index is 0.0529. The van der Waals surface area contributed by atoms with Crippen LogP contribution in [0.3, 0.4) is 0 Å². The van der Waals surface area contributed by atoms with Crippen LogP contribution in [0.5, 0.6) is 5.75 Å². The van der Waals surface area contributed by atoms with E-state index in [9.17, 15) is 18.0 Å². The highest BCUT2D eigenvalue weighted by Gasteiger charge is 2.33. The van der Waals surface area contributed by atoms with Gasteiger partial charge >= 0.3 is 0 Å². The summed E-state index contributed by atoms with van der Waals surface area (Å²) in [5.74, 6) is -0.301. The second kappa shape index (κ2) is 13.3. The van der Waals surface area contributed by atoms with Crippen molar-refractivity contribution in [2.75, 3.05) is 18.0 Å². The Morgan fingerprint density at radius 1 is 1.00 bits per heavy atom. The predicted molar refractivity (Wildman–Crippen MR) is 159 cm³/mol. The summed E-state index contributed by atoms with van der Waals surface area (Å²) in [5, 5.41) is 3.08. The fourth-order valence-electron chi connectivity index (χ4n) is 4.78. The van der Waals surface area contributed by atoms with Crippen LogP contribution in [-0.4, -0.2) is 50.9 Å². The van der Waals surface area contributed by atoms with Crippen LogP contribution in [0, 0.1) is 0 Å². The third-order valence-electron chi connectivity index (χ3n) is 7.09. The van der Waals surface area contributed by atoms with Gasteiger partial charge in [0.25, 0.3) is 10.0 Å². The number of hydrogen-bond donors (Lipinski definition) is 1. The number of ether oxygens (including phenoxy) is 1. The summed E-state index contributed by atoms with van der Waals surface area (Å²) in [4.78, 5) is 28.8. The summed E-state index contributed by atoms with van der Waals surface area (Å²) in [7, 11) is -2.64. The average Bonchev–Trinajstić information content (AvgIpc) is 3.48. The topological polar surface area (TPSA) is 96.0 Å². The first-order valence-electron chi connectivity index (χ1n) is 13.2. The zero-order valence-corrected chi connectivity index (χ0v) is 25.0. The van der Waals surface area contributed by atoms with Crippen LogP contribution in [0.2, 0.25) is 0 Å². The maximum atomic E-state index is 14.0. The molecule has 0 saturated heterocycles. The number of rotatable bonds is 11. The third-order valence-corrected chi connectivity index (χ3v) is 9.40. The molecule has 4 rings (SSSR count). The van der Waals surface area contributed by atoms with Gasteiger partial charge in [0, 0.05) is 23.1 Å². The molecule has 1 saturated carbocycles. The van der Waals surface area contributed by atoms with Gasteiger partial charge in [-0.05, 0) is 61.7 Å². The zero-order valence-electron chi connectivity index (χ0n) is 22.6. The van der Waals surface area contributed by atoms with Gasteiger partial charge in [0.05, 0.1) is 17.7 Å². The van der Waals surface area contributed by atoms with Crippen molar-refractivity contribution in [2.24, 2.45) is 0 Å². The second-order valence-corrected chi connectivity index (χ2v) is 12.6. The van der Waals surface area contributed by atoms with Gasteiger partial charge in [0.2, 0.25) is 11.8 Å². The van der Waals surface area contributed by atoms with Gasteiger partial charge in [0.15, 0.2) is 0 Å². The lowest BCUT2D eigenvalue weighted by atomic mass is 10.1. The summed E-state index contributed by atoms with van der Waals surface area (Å²) in [6.07, 6.45) is 3.96. The van der Waals surface area contributed by atoms with Crippen molar-refractivity contribution >= 4 is 43.5 Å². The molecule has 40 heavy (non-hydrogen) atoms. The fourth-order valence-corrected chi connectivity index (χ4v) is 6.47. The van der Waals surface area contributed by atoms with E-state index in [1.165, 1.54) is 24.1 Å². The van der Waals surface area contributed by atoms with Crippen molar-refractivity contribution in [2.45, 2.75) is 56.1 Å². The van der Waals surface area contributed by atoms with Crippen molar-refractivity contribution in [3.05, 3.63) is 88.9 Å². The molecular weight excluding hydrogens is 594 g/mol. The third kappa shape index (κ3) is 7.22. The van der Waals surface area contributed by atoms with Crippen LogP contribution in [-0.2, 0) is 26.2 Å². The lowest BCUT2D eigenvalue weighted by Gasteiger charge is -2.32. The van der Waals surface area contributed by atoms with E-state index < -0.39 is 28.5 Å². The molecule has 0 unspecified atom stereocenters. The molecule has 8 nitrogen and oxygen atoms in total. The zero-order chi connectivity index (χ0) is 28.7. The molecule has 1 N–H and O–H groups in total. The Labute approximate surface area is 244 Å². The first-order valence-corrected chi connectivity index (χ1v) is 15.5. The summed E-state index contributed by atoms with van der Waals surface area (Å²) in [6.45, 7) is 1.33. The molecule has 1 aliphatic rings. The van der Waals surface area contributed by atoms with E-state index in [4.69, 9.17) is 4.74 Å². The Kier molecular flexibility index (Phi) is 9.86. The van der Waals surface area contributed by atoms with Crippen LogP contribution in [0.25, 0.3) is 0 Å². The van der Waals surface area contributed by atoms with E-state index in [-0.39, 0.29) is 29.1 Å². The van der Waals surface area contributed by atoms with Crippen LogP contribution >= 0.6 is 15.9 Å². The summed E-state index contributed by atoms with van der Waals surface area (Å²) >= 11 is 3.43. The SMILES string of the molecule is COc1cccc(N(CC(=O)N(Cc2ccc(Br)cc2)[C@H](C)C(=O)NC2CCCC2)S(=O)(=O)c2ccccc2)c1. The lowest BCUT2D eigenvalue weighted by molar-refractivity contribution is -0.139. The molecule has 1 atom stereocenters. The fraction of sp³-hybridized carbons (Fsp3) is 0.333. The molecule has 0 heterocycles. The number of sulfonamides is 1. The molecule has 1 fully saturated rings. The molecule has 3 aromatic carbocycles. The normalized spacial score (nSPS) is 14.4. The summed E-state index contributed by atoms with van der Waals surface area (Å²) < 4.78 is 35.0. The highest BCUT2D eigenvalue weighted by molar-refractivity contribution is 9.10. The lowest BCUT2D eigenvalue weighted by Crippen LogP contribution is -2.52. The van der Waals surface area contributed by atoms with Crippen LogP contribution in [0.4, 0.5) is 5.69 Å². The van der Waals surface area contributed by atoms with Gasteiger partial charge in [-0.3, -0.25) is 13.9 Å². The van der Waals surface area contributed by atoms with E-state index in [1.807, 2.05) is 24.3 Å². The number of nitrogens with zero attached hydrogens (tertiary/aromatic N) is 2. The van der Waals surface area contributed by atoms with E-state index in [2.05, 4.69) is 21.2 Å². The summed E-state index contributed by atoms with van der Waals surface area (Å²) in [5.41, 5.74) is 1.10. The Bertz CT molecular complexity index is 1410. The Balaban J connectivity index is 1.68. The van der Waals surface area contributed by atoms with Crippen LogP contribution in [0.15, 0.2) is 88.2 Å². The minimum Gasteiger partial charge on any atom is -0.497 e. The standard InChI is InChI=1S/C30H34BrN3O5S/c1-22(30(36)32-25-9-6-7-10-25)33(20-23-15-17-24(31)18-16-23)29(35)21-34(26-11-8-12-27(19-26)39-2)40(37,38)28-13-4-3-5-14-28/h3-5,8,11-19,22,25H,6-7,9-10,20-21H2,1-2H3,(H,32,36)/t22-/m1/s1. The first-order chi connectivity index (χ1) is 19.2. The molecule has 10 heteroatoms. The highest BCUT2D eigenvalue weighted by Crippen LogP contribution is 2.28. The Morgan fingerprint density at radius 2 is 1.68 bits per heavy atom. The average molecular weight is 629 g/mol. The van der Waals surface area contributed by atoms with Crippen molar-refractivity contribution in [1.82, 2.24) is 10.2 Å². The molecular formula is C30H34BrN3O5S. The molecule has 0 aliphatic heterocycles. The van der Waals surface area contributed by atoms with Gasteiger partial charge in [-0.15, -0.1) is 0 Å². The number of hydrogen-bond acceptors (Lipinski definition) is 5. The first kappa shape index (κ1) is 29.6. The predicted octanol–water partition coefficient (Wildman–Crippen LogP) is 5.13. The van der Waals surface area contributed by atoms with Gasteiger partial charge in [-0.25, -0.2) is 8.42 Å². The second-order valence-electron chi connectivity index (χ2n) is 9.84. The van der Waals surface area contributed by atoms with Crippen LogP contribution < -0.4 is 14.4 Å². The minimum atomic E-state index is -4.13. The van der Waals surface area contributed by atoms with E-state index in [1.54, 1.807) is 49.4 Å². The summed E-state index contributed by atoms with van der Waals surface area (Å²) in [6, 6.07) is 21.3. The van der Waals surface area contributed by atoms with E-state index in [0.29, 0.717) is 5.75 Å². The highest BCUT2D eigenvalue weighted by atomic mass is 79.9. The van der Waals surface area contributed by atoms with Gasteiger partial charge in [-0.2, -0.15) is 0 Å². The molecule has 3 aromatic rings. The number of nitrogens with one attached hydrogen (secondary N) is 1. The monoisotopic (exact) mass is 627 g/mol. The largest absolute Gasteiger partial charge is 0.497 e. The number of amides is 2. The van der Waals surface area contributed by atoms with E-state index in [0.717, 1.165) is 40.0 Å². The Morgan fingerprint density at radius 3 is 2.33 bits per heavy atom. The maximum Gasteiger partial charge on any atom is 0.264 e. The molecule has 0 spiro atoms. The number of halogens is 1. The molecule has 2 amide bonds. The molecule has 212 valence electrons. The quantitative estimate of drug-likeness (QED) is 0.318. The number of carbonyl (C=O) groups is 2. The smallest absolute Gasteiger partial charge is 0.264 e. The van der Waals surface area contributed by atoms with Crippen molar-refractivity contribution in [3.8, 4) is 5.75 Å². The van der Waals surface area contributed by atoms with E-state index >= 15 is 0 Å². The van der Waals surface area contributed by atoms with Gasteiger partial charge < -0.3 is 15.0 Å². The Hall–Kier alpha value is -3.37. The number of benzene rings is 3. The number of carbonyl (C=O) groups excluding carboxylic acids is 2. The molecule has 0 radical (unpaired) electrons. The van der Waals surface area contributed by atoms with Crippen molar-refractivity contribution < 1.29 is 22.7 Å². The number of methoxy groups -OCH3 is 1. The molecule has 1 aliphatic carbocycles. The van der Waals surface area contributed by atoms with Gasteiger partial charge in [0.1, 0.15) is 18.3 Å². The van der Waals surface area contributed by atoms with Gasteiger partial charge in [-0.1, -0.05) is 65.2 Å².